The number of pyridine rings is 1. The fourth-order valence-electron chi connectivity index (χ4n) is 5.39. The number of nitrogens with zero attached hydrogens (tertiary/aromatic N) is 3. The summed E-state index contributed by atoms with van der Waals surface area (Å²) in [5, 5.41) is 10.3. The van der Waals surface area contributed by atoms with Gasteiger partial charge >= 0.3 is 0 Å². The first kappa shape index (κ1) is 26.3. The van der Waals surface area contributed by atoms with Gasteiger partial charge in [0.05, 0.1) is 22.8 Å². The number of ether oxygens (including phenoxy) is 1. The van der Waals surface area contributed by atoms with E-state index in [1.54, 1.807) is 6.20 Å². The van der Waals surface area contributed by atoms with Crippen LogP contribution in [0.1, 0.15) is 45.8 Å². The first-order valence-corrected chi connectivity index (χ1v) is 13.6. The van der Waals surface area contributed by atoms with Crippen molar-refractivity contribution in [1.82, 2.24) is 19.7 Å². The molecule has 5 rings (SSSR count). The molecule has 0 aliphatic heterocycles. The molecule has 196 valence electrons. The molecule has 0 aliphatic rings. The lowest BCUT2D eigenvalue weighted by atomic mass is 9.98. The van der Waals surface area contributed by atoms with Crippen molar-refractivity contribution in [1.29, 1.82) is 0 Å². The highest BCUT2D eigenvalue weighted by molar-refractivity contribution is 6.35. The number of aromatic amines is 1. The molecule has 3 heterocycles. The van der Waals surface area contributed by atoms with Crippen LogP contribution in [0.2, 0.25) is 10.0 Å². The van der Waals surface area contributed by atoms with E-state index in [9.17, 15) is 0 Å². The Labute approximate surface area is 233 Å². The van der Waals surface area contributed by atoms with E-state index in [1.165, 1.54) is 16.6 Å². The Morgan fingerprint density at radius 2 is 1.74 bits per heavy atom. The third-order valence-corrected chi connectivity index (χ3v) is 8.17. The van der Waals surface area contributed by atoms with Crippen molar-refractivity contribution >= 4 is 34.1 Å². The zero-order valence-electron chi connectivity index (χ0n) is 22.5. The largest absolute Gasteiger partial charge is 0.494 e. The van der Waals surface area contributed by atoms with Crippen molar-refractivity contribution < 1.29 is 4.74 Å². The fraction of sp³-hybridized carbons (Fsp3) is 0.290. The summed E-state index contributed by atoms with van der Waals surface area (Å²) in [5.74, 6) is 0.861. The van der Waals surface area contributed by atoms with E-state index >= 15 is 0 Å². The molecule has 5 nitrogen and oxygen atoms in total. The molecule has 7 heteroatoms. The van der Waals surface area contributed by atoms with Crippen molar-refractivity contribution in [3.8, 4) is 16.9 Å². The van der Waals surface area contributed by atoms with E-state index in [0.29, 0.717) is 13.2 Å². The quantitative estimate of drug-likeness (QED) is 0.199. The van der Waals surface area contributed by atoms with Crippen molar-refractivity contribution in [2.75, 3.05) is 6.61 Å². The topological polar surface area (TPSA) is 55.7 Å². The molecule has 0 fully saturated rings. The van der Waals surface area contributed by atoms with E-state index in [0.717, 1.165) is 73.4 Å². The van der Waals surface area contributed by atoms with Crippen LogP contribution in [0.3, 0.4) is 0 Å². The summed E-state index contributed by atoms with van der Waals surface area (Å²) in [6.07, 6.45) is 5.50. The van der Waals surface area contributed by atoms with Crippen molar-refractivity contribution in [2.24, 2.45) is 0 Å². The average molecular weight is 548 g/mol. The second-order valence-electron chi connectivity index (χ2n) is 9.96. The molecular weight excluding hydrogens is 515 g/mol. The van der Waals surface area contributed by atoms with Gasteiger partial charge in [-0.05, 0) is 94.0 Å². The summed E-state index contributed by atoms with van der Waals surface area (Å²) < 4.78 is 8.50. The molecule has 0 amide bonds. The summed E-state index contributed by atoms with van der Waals surface area (Å²) in [7, 11) is 0. The van der Waals surface area contributed by atoms with Gasteiger partial charge in [-0.25, -0.2) is 0 Å². The number of benzene rings is 2. The Morgan fingerprint density at radius 3 is 2.39 bits per heavy atom. The number of fused-ring (bicyclic) bond motifs is 1. The Bertz CT molecular complexity index is 1580. The summed E-state index contributed by atoms with van der Waals surface area (Å²) in [6, 6.07) is 12.3. The van der Waals surface area contributed by atoms with Gasteiger partial charge < -0.3 is 9.30 Å². The third-order valence-electron chi connectivity index (χ3n) is 7.26. The van der Waals surface area contributed by atoms with Crippen LogP contribution in [-0.2, 0) is 13.0 Å². The van der Waals surface area contributed by atoms with Crippen LogP contribution in [0.4, 0.5) is 0 Å². The average Bonchev–Trinajstić information content (AvgIpc) is 3.36. The van der Waals surface area contributed by atoms with Crippen LogP contribution in [0.15, 0.2) is 48.8 Å². The molecule has 0 spiro atoms. The van der Waals surface area contributed by atoms with Crippen LogP contribution in [0.5, 0.6) is 5.75 Å². The minimum Gasteiger partial charge on any atom is -0.494 e. The molecule has 5 aromatic rings. The third kappa shape index (κ3) is 4.93. The SMILES string of the molecule is Cc1cc(OCCCc2c(C)n(Cc3cccnc3)c3c(-c4c(C)n[nH]c4C)c(Cl)ccc23)cc(C)c1Cl. The van der Waals surface area contributed by atoms with Crippen LogP contribution in [-0.4, -0.2) is 26.4 Å². The second kappa shape index (κ2) is 10.8. The lowest BCUT2D eigenvalue weighted by Gasteiger charge is -2.14. The summed E-state index contributed by atoms with van der Waals surface area (Å²) in [6.45, 7) is 11.6. The normalized spacial score (nSPS) is 11.4. The minimum absolute atomic E-state index is 0.621. The monoisotopic (exact) mass is 546 g/mol. The zero-order valence-corrected chi connectivity index (χ0v) is 24.0. The predicted octanol–water partition coefficient (Wildman–Crippen LogP) is 8.34. The summed E-state index contributed by atoms with van der Waals surface area (Å²) >= 11 is 13.2. The van der Waals surface area contributed by atoms with Gasteiger partial charge in [0, 0.05) is 51.9 Å². The number of hydrogen-bond donors (Lipinski definition) is 1. The van der Waals surface area contributed by atoms with Gasteiger partial charge in [-0.2, -0.15) is 5.10 Å². The second-order valence-corrected chi connectivity index (χ2v) is 10.7. The number of rotatable bonds is 8. The minimum atomic E-state index is 0.621. The van der Waals surface area contributed by atoms with E-state index in [-0.39, 0.29) is 0 Å². The number of hydrogen-bond acceptors (Lipinski definition) is 3. The molecule has 3 aromatic heterocycles. The molecular formula is C31H32Cl2N4O. The molecule has 2 aromatic carbocycles. The maximum absolute atomic E-state index is 6.91. The van der Waals surface area contributed by atoms with Gasteiger partial charge in [-0.3, -0.25) is 10.1 Å². The van der Waals surface area contributed by atoms with Crippen LogP contribution >= 0.6 is 23.2 Å². The fourth-order valence-corrected chi connectivity index (χ4v) is 5.75. The Kier molecular flexibility index (Phi) is 7.51. The summed E-state index contributed by atoms with van der Waals surface area (Å²) in [5.41, 5.74) is 10.9. The summed E-state index contributed by atoms with van der Waals surface area (Å²) in [4.78, 5) is 4.34. The van der Waals surface area contributed by atoms with Crippen LogP contribution < -0.4 is 4.74 Å². The zero-order chi connectivity index (χ0) is 27.0. The maximum atomic E-state index is 6.91. The highest BCUT2D eigenvalue weighted by Crippen LogP contribution is 2.41. The van der Waals surface area contributed by atoms with E-state index < -0.39 is 0 Å². The number of nitrogens with one attached hydrogen (secondary N) is 1. The van der Waals surface area contributed by atoms with Gasteiger partial charge in [-0.15, -0.1) is 0 Å². The Hall–Kier alpha value is -3.28. The number of aromatic nitrogens is 4. The molecule has 38 heavy (non-hydrogen) atoms. The Morgan fingerprint density at radius 1 is 0.974 bits per heavy atom. The first-order chi connectivity index (χ1) is 18.3. The van der Waals surface area contributed by atoms with Gasteiger partial charge in [0.25, 0.3) is 0 Å². The van der Waals surface area contributed by atoms with Gasteiger partial charge in [0.15, 0.2) is 0 Å². The van der Waals surface area contributed by atoms with Gasteiger partial charge in [0.1, 0.15) is 5.75 Å². The lowest BCUT2D eigenvalue weighted by molar-refractivity contribution is 0.310. The van der Waals surface area contributed by atoms with E-state index in [1.807, 2.05) is 58.2 Å². The molecule has 0 bridgehead atoms. The smallest absolute Gasteiger partial charge is 0.119 e. The van der Waals surface area contributed by atoms with Crippen molar-refractivity contribution in [3.05, 3.63) is 98.2 Å². The standard InChI is InChI=1S/C31H32Cl2N4O/c1-18-14-24(15-19(2)30(18)33)38-13-7-9-25-22(5)37(17-23-8-6-12-34-16-23)31-26(25)10-11-27(32)29(31)28-20(3)35-36-21(28)4/h6,8,10-12,14-16H,7,9,13,17H2,1-5H3,(H,35,36). The lowest BCUT2D eigenvalue weighted by Crippen LogP contribution is -2.05. The molecule has 0 saturated heterocycles. The molecule has 0 saturated carbocycles. The highest BCUT2D eigenvalue weighted by atomic mass is 35.5. The van der Waals surface area contributed by atoms with Crippen molar-refractivity contribution in [2.45, 2.75) is 54.0 Å². The van der Waals surface area contributed by atoms with E-state index in [2.05, 4.69) is 38.8 Å². The highest BCUT2D eigenvalue weighted by Gasteiger charge is 2.23. The molecule has 0 aliphatic carbocycles. The first-order valence-electron chi connectivity index (χ1n) is 12.9. The molecule has 0 atom stereocenters. The van der Waals surface area contributed by atoms with E-state index in [4.69, 9.17) is 27.9 Å². The number of halogens is 2. The molecule has 0 unspecified atom stereocenters. The predicted molar refractivity (Wildman–Crippen MR) is 157 cm³/mol. The van der Waals surface area contributed by atoms with Crippen molar-refractivity contribution in [3.63, 3.8) is 0 Å². The number of H-pyrrole nitrogens is 1. The van der Waals surface area contributed by atoms with Crippen LogP contribution in [0, 0.1) is 34.6 Å². The van der Waals surface area contributed by atoms with Crippen LogP contribution in [0.25, 0.3) is 22.0 Å². The maximum Gasteiger partial charge on any atom is 0.119 e. The van der Waals surface area contributed by atoms with Gasteiger partial charge in [0.2, 0.25) is 0 Å². The van der Waals surface area contributed by atoms with Gasteiger partial charge in [-0.1, -0.05) is 35.3 Å². The Balaban J connectivity index is 1.53. The molecule has 0 radical (unpaired) electrons. The molecule has 1 N–H and O–H groups in total. The number of aryl methyl sites for hydroxylation is 5.